The number of hydrogen-bond donors (Lipinski definition) is 0. The van der Waals surface area contributed by atoms with Gasteiger partial charge in [0.2, 0.25) is 0 Å². The van der Waals surface area contributed by atoms with Gasteiger partial charge in [-0.05, 0) is 25.8 Å². The predicted molar refractivity (Wildman–Crippen MR) is 44.0 cm³/mol. The number of rotatable bonds is 0. The van der Waals surface area contributed by atoms with Crippen LogP contribution in [-0.4, -0.2) is 16.0 Å². The van der Waals surface area contributed by atoms with Gasteiger partial charge in [0.05, 0.1) is 11.4 Å². The highest BCUT2D eigenvalue weighted by atomic mass is 16.1. The first-order chi connectivity index (χ1) is 5.77. The second-order valence-corrected chi connectivity index (χ2v) is 3.12. The van der Waals surface area contributed by atoms with Crippen LogP contribution in [0, 0.1) is 6.92 Å². The van der Waals surface area contributed by atoms with Crippen molar-refractivity contribution in [3.8, 4) is 0 Å². The maximum absolute atomic E-state index is 11.4. The summed E-state index contributed by atoms with van der Waals surface area (Å²) in [5.74, 6) is 0.217. The Balaban J connectivity index is 2.54. The van der Waals surface area contributed by atoms with Gasteiger partial charge in [-0.1, -0.05) is 0 Å². The van der Waals surface area contributed by atoms with E-state index in [1.807, 2.05) is 13.0 Å². The van der Waals surface area contributed by atoms with E-state index in [1.165, 1.54) is 0 Å². The molecule has 12 heavy (non-hydrogen) atoms. The minimum absolute atomic E-state index is 0.217. The lowest BCUT2D eigenvalue weighted by molar-refractivity contribution is 0.0971. The van der Waals surface area contributed by atoms with Crippen molar-refractivity contribution in [3.63, 3.8) is 0 Å². The second-order valence-electron chi connectivity index (χ2n) is 3.12. The van der Waals surface area contributed by atoms with Crippen molar-refractivity contribution in [3.05, 3.63) is 23.0 Å². The van der Waals surface area contributed by atoms with Crippen molar-refractivity contribution >= 4 is 5.78 Å². The predicted octanol–water partition coefficient (Wildman–Crippen LogP) is 1.30. The summed E-state index contributed by atoms with van der Waals surface area (Å²) in [5, 5.41) is 7.92. The van der Waals surface area contributed by atoms with E-state index in [0.29, 0.717) is 6.42 Å². The van der Waals surface area contributed by atoms with E-state index in [2.05, 4.69) is 10.2 Å². The molecule has 0 spiro atoms. The number of carbonyl (C=O) groups is 1. The highest BCUT2D eigenvalue weighted by molar-refractivity contribution is 5.97. The molecule has 1 aromatic rings. The molecule has 62 valence electrons. The van der Waals surface area contributed by atoms with Gasteiger partial charge in [-0.2, -0.15) is 10.2 Å². The third-order valence-corrected chi connectivity index (χ3v) is 2.11. The van der Waals surface area contributed by atoms with Crippen molar-refractivity contribution in [2.45, 2.75) is 26.2 Å². The number of aryl methyl sites for hydroxylation is 2. The average Bonchev–Trinajstić information content (AvgIpc) is 2.07. The van der Waals surface area contributed by atoms with Crippen LogP contribution in [0.3, 0.4) is 0 Å². The summed E-state index contributed by atoms with van der Waals surface area (Å²) in [7, 11) is 0. The van der Waals surface area contributed by atoms with E-state index in [-0.39, 0.29) is 5.78 Å². The Labute approximate surface area is 70.8 Å². The van der Waals surface area contributed by atoms with Gasteiger partial charge in [0.1, 0.15) is 0 Å². The maximum atomic E-state index is 11.4. The summed E-state index contributed by atoms with van der Waals surface area (Å²) in [4.78, 5) is 11.4. The molecule has 3 heteroatoms. The highest BCUT2D eigenvalue weighted by Crippen LogP contribution is 2.18. The molecule has 0 fully saturated rings. The lowest BCUT2D eigenvalue weighted by atomic mass is 9.95. The fraction of sp³-hybridized carbons (Fsp3) is 0.444. The summed E-state index contributed by atoms with van der Waals surface area (Å²) in [6.07, 6.45) is 2.48. The smallest absolute Gasteiger partial charge is 0.164 e. The van der Waals surface area contributed by atoms with E-state index in [9.17, 15) is 4.79 Å². The van der Waals surface area contributed by atoms with Gasteiger partial charge in [0, 0.05) is 12.0 Å². The zero-order valence-electron chi connectivity index (χ0n) is 7.00. The molecule has 1 aliphatic carbocycles. The molecule has 1 aromatic heterocycles. The summed E-state index contributed by atoms with van der Waals surface area (Å²) >= 11 is 0. The number of aromatic nitrogens is 2. The lowest BCUT2D eigenvalue weighted by Crippen LogP contribution is -2.13. The lowest BCUT2D eigenvalue weighted by Gasteiger charge is -2.12. The van der Waals surface area contributed by atoms with Gasteiger partial charge in [-0.25, -0.2) is 0 Å². The van der Waals surface area contributed by atoms with E-state index in [4.69, 9.17) is 0 Å². The number of hydrogen-bond acceptors (Lipinski definition) is 3. The van der Waals surface area contributed by atoms with Crippen LogP contribution in [-0.2, 0) is 6.42 Å². The van der Waals surface area contributed by atoms with Crippen LogP contribution in [0.15, 0.2) is 6.07 Å². The topological polar surface area (TPSA) is 42.9 Å². The van der Waals surface area contributed by atoms with Crippen molar-refractivity contribution in [2.75, 3.05) is 0 Å². The average molecular weight is 162 g/mol. The molecule has 0 aliphatic heterocycles. The van der Waals surface area contributed by atoms with Crippen molar-refractivity contribution in [2.24, 2.45) is 0 Å². The summed E-state index contributed by atoms with van der Waals surface area (Å²) < 4.78 is 0. The van der Waals surface area contributed by atoms with E-state index in [1.54, 1.807) is 0 Å². The van der Waals surface area contributed by atoms with Gasteiger partial charge < -0.3 is 0 Å². The first kappa shape index (κ1) is 7.40. The van der Waals surface area contributed by atoms with Crippen LogP contribution in [0.5, 0.6) is 0 Å². The third kappa shape index (κ3) is 1.11. The van der Waals surface area contributed by atoms with Crippen LogP contribution in [0.4, 0.5) is 0 Å². The number of Topliss-reactive ketones (excluding diaryl/α,β-unsaturated/α-hetero) is 1. The Morgan fingerprint density at radius 1 is 1.33 bits per heavy atom. The van der Waals surface area contributed by atoms with Crippen molar-refractivity contribution < 1.29 is 4.79 Å². The standard InChI is InChI=1S/C9H10N2O/c1-6-5-7-8(11-10-6)3-2-4-9(7)12/h5H,2-4H2,1H3. The zero-order valence-corrected chi connectivity index (χ0v) is 7.00. The Kier molecular flexibility index (Phi) is 1.64. The molecule has 0 saturated heterocycles. The normalized spacial score (nSPS) is 15.9. The van der Waals surface area contributed by atoms with Crippen LogP contribution in [0.1, 0.15) is 34.6 Å². The Bertz CT molecular complexity index is 333. The zero-order chi connectivity index (χ0) is 8.55. The second kappa shape index (κ2) is 2.66. The van der Waals surface area contributed by atoms with Crippen LogP contribution in [0.25, 0.3) is 0 Å². The third-order valence-electron chi connectivity index (χ3n) is 2.11. The molecule has 0 unspecified atom stereocenters. The fourth-order valence-electron chi connectivity index (χ4n) is 1.49. The highest BCUT2D eigenvalue weighted by Gasteiger charge is 2.18. The summed E-state index contributed by atoms with van der Waals surface area (Å²) in [6, 6.07) is 1.84. The van der Waals surface area contributed by atoms with Gasteiger partial charge in [-0.15, -0.1) is 0 Å². The molecule has 0 saturated carbocycles. The molecule has 0 aromatic carbocycles. The maximum Gasteiger partial charge on any atom is 0.164 e. The largest absolute Gasteiger partial charge is 0.294 e. The number of nitrogens with zero attached hydrogens (tertiary/aromatic N) is 2. The molecule has 3 nitrogen and oxygen atoms in total. The molecule has 2 rings (SSSR count). The molecule has 0 amide bonds. The molecule has 0 atom stereocenters. The van der Waals surface area contributed by atoms with Crippen LogP contribution >= 0.6 is 0 Å². The summed E-state index contributed by atoms with van der Waals surface area (Å²) in [6.45, 7) is 1.86. The molecule has 1 aliphatic rings. The Morgan fingerprint density at radius 3 is 3.00 bits per heavy atom. The van der Waals surface area contributed by atoms with Crippen LogP contribution < -0.4 is 0 Å². The minimum atomic E-state index is 0.217. The first-order valence-corrected chi connectivity index (χ1v) is 4.14. The molecular formula is C9H10N2O. The van der Waals surface area contributed by atoms with E-state index >= 15 is 0 Å². The molecule has 0 N–H and O–H groups in total. The monoisotopic (exact) mass is 162 g/mol. The quantitative estimate of drug-likeness (QED) is 0.577. The fourth-order valence-corrected chi connectivity index (χ4v) is 1.49. The first-order valence-electron chi connectivity index (χ1n) is 4.14. The van der Waals surface area contributed by atoms with Gasteiger partial charge in [0.25, 0.3) is 0 Å². The molecule has 0 bridgehead atoms. The van der Waals surface area contributed by atoms with Gasteiger partial charge >= 0.3 is 0 Å². The molecular weight excluding hydrogens is 152 g/mol. The van der Waals surface area contributed by atoms with Gasteiger partial charge in [0.15, 0.2) is 5.78 Å². The number of fused-ring (bicyclic) bond motifs is 1. The van der Waals surface area contributed by atoms with E-state index < -0.39 is 0 Å². The van der Waals surface area contributed by atoms with Gasteiger partial charge in [-0.3, -0.25) is 4.79 Å². The van der Waals surface area contributed by atoms with Crippen molar-refractivity contribution in [1.29, 1.82) is 0 Å². The van der Waals surface area contributed by atoms with Crippen LogP contribution in [0.2, 0.25) is 0 Å². The minimum Gasteiger partial charge on any atom is -0.294 e. The molecule has 1 heterocycles. The van der Waals surface area contributed by atoms with Crippen molar-refractivity contribution in [1.82, 2.24) is 10.2 Å². The summed E-state index contributed by atoms with van der Waals surface area (Å²) in [5.41, 5.74) is 2.48. The number of ketones is 1. The Hall–Kier alpha value is -1.25. The SMILES string of the molecule is Cc1cc2c(nn1)CCCC2=O. The molecule has 0 radical (unpaired) electrons. The Morgan fingerprint density at radius 2 is 2.17 bits per heavy atom. The number of carbonyl (C=O) groups excluding carboxylic acids is 1. The van der Waals surface area contributed by atoms with E-state index in [0.717, 1.165) is 29.8 Å².